The summed E-state index contributed by atoms with van der Waals surface area (Å²) >= 11 is 0. The van der Waals surface area contributed by atoms with E-state index in [1.54, 1.807) is 0 Å². The Morgan fingerprint density at radius 3 is 2.56 bits per heavy atom. The molecule has 0 aromatic heterocycles. The summed E-state index contributed by atoms with van der Waals surface area (Å²) in [7, 11) is 1.91. The highest BCUT2D eigenvalue weighted by atomic mass is 16.5. The molecule has 0 radical (unpaired) electrons. The molecule has 2 aliphatic carbocycles. The fourth-order valence-electron chi connectivity index (χ4n) is 5.62. The van der Waals surface area contributed by atoms with Gasteiger partial charge in [-0.1, -0.05) is 6.42 Å². The average molecular weight is 379 g/mol. The molecule has 2 saturated carbocycles. The van der Waals surface area contributed by atoms with Crippen LogP contribution in [0.25, 0.3) is 0 Å². The van der Waals surface area contributed by atoms with Gasteiger partial charge in [0.05, 0.1) is 6.10 Å². The van der Waals surface area contributed by atoms with Crippen LogP contribution in [0.15, 0.2) is 4.99 Å². The van der Waals surface area contributed by atoms with Crippen molar-refractivity contribution >= 4 is 5.96 Å². The first-order valence-electron chi connectivity index (χ1n) is 11.2. The minimum absolute atomic E-state index is 0.400. The molecule has 3 atom stereocenters. The molecule has 154 valence electrons. The number of nitrogens with zero attached hydrogens (tertiary/aromatic N) is 3. The molecule has 2 heterocycles. The molecule has 2 saturated heterocycles. The van der Waals surface area contributed by atoms with Crippen molar-refractivity contribution in [3.63, 3.8) is 0 Å². The van der Waals surface area contributed by atoms with E-state index < -0.39 is 0 Å². The maximum atomic E-state index is 5.96. The maximum Gasteiger partial charge on any atom is 0.193 e. The number of rotatable bonds is 6. The summed E-state index contributed by atoms with van der Waals surface area (Å²) < 4.78 is 11.3. The summed E-state index contributed by atoms with van der Waals surface area (Å²) in [6.07, 6.45) is 9.46. The second kappa shape index (κ2) is 9.57. The summed E-state index contributed by atoms with van der Waals surface area (Å²) in [5.41, 5.74) is 0. The second-order valence-electron chi connectivity index (χ2n) is 8.78. The van der Waals surface area contributed by atoms with E-state index in [2.05, 4.69) is 20.1 Å². The molecule has 4 aliphatic rings. The Kier molecular flexibility index (Phi) is 6.90. The van der Waals surface area contributed by atoms with Gasteiger partial charge in [0.15, 0.2) is 5.96 Å². The number of hydrogen-bond donors (Lipinski definition) is 1. The molecule has 6 heteroatoms. The maximum absolute atomic E-state index is 5.96. The van der Waals surface area contributed by atoms with Gasteiger partial charge in [0.2, 0.25) is 0 Å². The molecule has 0 spiro atoms. The van der Waals surface area contributed by atoms with E-state index >= 15 is 0 Å². The van der Waals surface area contributed by atoms with Gasteiger partial charge in [0, 0.05) is 65.6 Å². The summed E-state index contributed by atoms with van der Waals surface area (Å²) in [6, 6.07) is 0.878. The Morgan fingerprint density at radius 2 is 1.89 bits per heavy atom. The van der Waals surface area contributed by atoms with Crippen molar-refractivity contribution in [3.8, 4) is 0 Å². The van der Waals surface area contributed by atoms with E-state index in [1.807, 2.05) is 7.05 Å². The highest BCUT2D eigenvalue weighted by molar-refractivity contribution is 5.79. The van der Waals surface area contributed by atoms with Crippen molar-refractivity contribution in [2.24, 2.45) is 16.8 Å². The third kappa shape index (κ3) is 4.96. The van der Waals surface area contributed by atoms with Gasteiger partial charge in [0.25, 0.3) is 0 Å². The van der Waals surface area contributed by atoms with Gasteiger partial charge in [-0.15, -0.1) is 0 Å². The molecule has 3 unspecified atom stereocenters. The van der Waals surface area contributed by atoms with Crippen LogP contribution in [0.4, 0.5) is 0 Å². The Balaban J connectivity index is 1.12. The molecule has 2 bridgehead atoms. The largest absolute Gasteiger partial charge is 0.381 e. The lowest BCUT2D eigenvalue weighted by atomic mass is 9.93. The van der Waals surface area contributed by atoms with Crippen LogP contribution in [0.3, 0.4) is 0 Å². The van der Waals surface area contributed by atoms with Crippen LogP contribution in [0.2, 0.25) is 0 Å². The van der Waals surface area contributed by atoms with E-state index in [0.717, 1.165) is 82.6 Å². The van der Waals surface area contributed by atoms with Crippen molar-refractivity contribution in [1.82, 2.24) is 15.1 Å². The van der Waals surface area contributed by atoms with Crippen molar-refractivity contribution in [2.45, 2.75) is 57.1 Å². The fourth-order valence-corrected chi connectivity index (χ4v) is 5.62. The topological polar surface area (TPSA) is 49.3 Å². The van der Waals surface area contributed by atoms with Crippen LogP contribution >= 0.6 is 0 Å². The van der Waals surface area contributed by atoms with Gasteiger partial charge < -0.3 is 19.7 Å². The van der Waals surface area contributed by atoms with E-state index in [4.69, 9.17) is 9.47 Å². The van der Waals surface area contributed by atoms with Crippen LogP contribution in [-0.4, -0.2) is 87.5 Å². The van der Waals surface area contributed by atoms with E-state index in [0.29, 0.717) is 6.10 Å². The first-order valence-corrected chi connectivity index (χ1v) is 11.2. The first-order chi connectivity index (χ1) is 13.3. The zero-order valence-electron chi connectivity index (χ0n) is 17.1. The van der Waals surface area contributed by atoms with Crippen LogP contribution in [0, 0.1) is 11.8 Å². The molecule has 1 N–H and O–H groups in total. The zero-order valence-corrected chi connectivity index (χ0v) is 17.1. The quantitative estimate of drug-likeness (QED) is 0.435. The van der Waals surface area contributed by atoms with Crippen molar-refractivity contribution in [3.05, 3.63) is 0 Å². The minimum atomic E-state index is 0.400. The Bertz CT molecular complexity index is 487. The van der Waals surface area contributed by atoms with Gasteiger partial charge in [-0.2, -0.15) is 0 Å². The van der Waals surface area contributed by atoms with Gasteiger partial charge in [-0.05, 0) is 50.4 Å². The summed E-state index contributed by atoms with van der Waals surface area (Å²) in [5.74, 6) is 3.10. The third-order valence-electron chi connectivity index (χ3n) is 7.12. The Labute approximate surface area is 164 Å². The van der Waals surface area contributed by atoms with Crippen molar-refractivity contribution < 1.29 is 9.47 Å². The number of ether oxygens (including phenoxy) is 2. The summed E-state index contributed by atoms with van der Waals surface area (Å²) in [4.78, 5) is 9.72. The predicted molar refractivity (Wildman–Crippen MR) is 108 cm³/mol. The Hall–Kier alpha value is -0.850. The van der Waals surface area contributed by atoms with Gasteiger partial charge >= 0.3 is 0 Å². The van der Waals surface area contributed by atoms with Crippen LogP contribution in [0.5, 0.6) is 0 Å². The number of piperazine rings is 1. The van der Waals surface area contributed by atoms with Crippen molar-refractivity contribution in [2.75, 3.05) is 59.6 Å². The van der Waals surface area contributed by atoms with Crippen LogP contribution in [-0.2, 0) is 9.47 Å². The summed E-state index contributed by atoms with van der Waals surface area (Å²) in [5, 5.41) is 3.54. The SMILES string of the molecule is CN=C(NCCCOC1CCOCC1)N1CCN(C2CC3CCC2C3)CC1. The monoisotopic (exact) mass is 378 g/mol. The van der Waals surface area contributed by atoms with Crippen LogP contribution in [0.1, 0.15) is 44.9 Å². The normalized spacial score (nSPS) is 33.0. The predicted octanol–water partition coefficient (Wildman–Crippen LogP) is 1.95. The number of fused-ring (bicyclic) bond motifs is 2. The highest BCUT2D eigenvalue weighted by Crippen LogP contribution is 2.46. The molecule has 27 heavy (non-hydrogen) atoms. The van der Waals surface area contributed by atoms with E-state index in [-0.39, 0.29) is 0 Å². The lowest BCUT2D eigenvalue weighted by Gasteiger charge is -2.42. The smallest absolute Gasteiger partial charge is 0.193 e. The van der Waals surface area contributed by atoms with Gasteiger partial charge in [-0.3, -0.25) is 9.89 Å². The van der Waals surface area contributed by atoms with E-state index in [1.165, 1.54) is 38.8 Å². The molecule has 6 nitrogen and oxygen atoms in total. The standard InChI is InChI=1S/C21H38N4O2/c1-22-21(23-7-2-12-27-19-5-13-26-14-6-19)25-10-8-24(9-11-25)20-16-17-3-4-18(20)15-17/h17-20H,2-16H2,1H3,(H,22,23). The summed E-state index contributed by atoms with van der Waals surface area (Å²) in [6.45, 7) is 8.06. The lowest BCUT2D eigenvalue weighted by molar-refractivity contribution is -0.0320. The molecule has 4 rings (SSSR count). The van der Waals surface area contributed by atoms with Crippen LogP contribution < -0.4 is 5.32 Å². The third-order valence-corrected chi connectivity index (χ3v) is 7.12. The van der Waals surface area contributed by atoms with Gasteiger partial charge in [0.1, 0.15) is 0 Å². The van der Waals surface area contributed by atoms with Gasteiger partial charge in [-0.25, -0.2) is 0 Å². The molecule has 4 fully saturated rings. The van der Waals surface area contributed by atoms with E-state index in [9.17, 15) is 0 Å². The second-order valence-corrected chi connectivity index (χ2v) is 8.78. The zero-order chi connectivity index (χ0) is 18.5. The lowest BCUT2D eigenvalue weighted by Crippen LogP contribution is -2.55. The highest BCUT2D eigenvalue weighted by Gasteiger charge is 2.42. The first kappa shape index (κ1) is 19.5. The number of hydrogen-bond acceptors (Lipinski definition) is 4. The number of aliphatic imine (C=N–C) groups is 1. The molecule has 0 aromatic rings. The molecule has 2 aliphatic heterocycles. The Morgan fingerprint density at radius 1 is 1.07 bits per heavy atom. The molecular formula is C21H38N4O2. The fraction of sp³-hybridized carbons (Fsp3) is 0.952. The molecule has 0 aromatic carbocycles. The number of nitrogens with one attached hydrogen (secondary N) is 1. The average Bonchev–Trinajstić information content (AvgIpc) is 3.35. The minimum Gasteiger partial charge on any atom is -0.381 e. The number of guanidine groups is 1. The molecular weight excluding hydrogens is 340 g/mol. The molecule has 0 amide bonds. The van der Waals surface area contributed by atoms with Crippen molar-refractivity contribution in [1.29, 1.82) is 0 Å².